The molecule has 0 unspecified atom stereocenters. The summed E-state index contributed by atoms with van der Waals surface area (Å²) < 4.78 is 10.7. The Morgan fingerprint density at radius 2 is 2.36 bits per heavy atom. The lowest BCUT2D eigenvalue weighted by atomic mass is 10.1. The minimum Gasteiger partial charge on any atom is -0.497 e. The molecule has 0 bridgehead atoms. The first-order chi connectivity index (χ1) is 10.7. The Morgan fingerprint density at radius 3 is 3.09 bits per heavy atom. The van der Waals surface area contributed by atoms with Gasteiger partial charge < -0.3 is 19.3 Å². The van der Waals surface area contributed by atoms with Crippen LogP contribution in [0.5, 0.6) is 5.75 Å². The summed E-state index contributed by atoms with van der Waals surface area (Å²) >= 11 is 0. The van der Waals surface area contributed by atoms with Crippen LogP contribution in [0.1, 0.15) is 25.7 Å². The zero-order valence-corrected chi connectivity index (χ0v) is 12.5. The number of hydrogen-bond donors (Lipinski definition) is 1. The molecule has 0 aliphatic carbocycles. The largest absolute Gasteiger partial charge is 0.497 e. The van der Waals surface area contributed by atoms with Gasteiger partial charge in [0.1, 0.15) is 11.3 Å². The Bertz CT molecular complexity index is 723. The summed E-state index contributed by atoms with van der Waals surface area (Å²) in [4.78, 5) is 21.4. The van der Waals surface area contributed by atoms with Crippen molar-refractivity contribution in [3.63, 3.8) is 0 Å². The van der Waals surface area contributed by atoms with E-state index in [1.807, 2.05) is 6.92 Å². The summed E-state index contributed by atoms with van der Waals surface area (Å²) in [5.74, 6) is 0.929. The summed E-state index contributed by atoms with van der Waals surface area (Å²) in [6.45, 7) is 2.19. The summed E-state index contributed by atoms with van der Waals surface area (Å²) in [7, 11) is 1.59. The van der Waals surface area contributed by atoms with Gasteiger partial charge in [-0.05, 0) is 18.6 Å². The normalized spacial score (nSPS) is 17.2. The SMILES string of the molecule is CCC1=NO[C@H](C(=O)NCc2nc3cc(OC)ccc3o2)C1. The van der Waals surface area contributed by atoms with Gasteiger partial charge in [0.05, 0.1) is 19.4 Å². The molecule has 7 nitrogen and oxygen atoms in total. The molecule has 0 fully saturated rings. The molecule has 1 aliphatic heterocycles. The Hall–Kier alpha value is -2.57. The maximum atomic E-state index is 12.0. The summed E-state index contributed by atoms with van der Waals surface area (Å²) in [5.41, 5.74) is 2.24. The topological polar surface area (TPSA) is 86.0 Å². The number of amides is 1. The fourth-order valence-electron chi connectivity index (χ4n) is 2.21. The molecule has 3 rings (SSSR count). The highest BCUT2D eigenvalue weighted by molar-refractivity contribution is 5.92. The van der Waals surface area contributed by atoms with E-state index in [0.29, 0.717) is 29.2 Å². The van der Waals surface area contributed by atoms with Crippen molar-refractivity contribution in [2.24, 2.45) is 5.16 Å². The molecule has 2 aromatic rings. The molecule has 1 aliphatic rings. The van der Waals surface area contributed by atoms with Crippen LogP contribution >= 0.6 is 0 Å². The van der Waals surface area contributed by atoms with Crippen molar-refractivity contribution in [1.82, 2.24) is 10.3 Å². The minimum atomic E-state index is -0.556. The highest BCUT2D eigenvalue weighted by Gasteiger charge is 2.27. The fraction of sp³-hybridized carbons (Fsp3) is 0.400. The van der Waals surface area contributed by atoms with Crippen molar-refractivity contribution in [2.45, 2.75) is 32.4 Å². The third kappa shape index (κ3) is 2.88. The highest BCUT2D eigenvalue weighted by Crippen LogP contribution is 2.21. The smallest absolute Gasteiger partial charge is 0.264 e. The number of rotatable bonds is 5. The van der Waals surface area contributed by atoms with Gasteiger partial charge in [-0.15, -0.1) is 0 Å². The number of oxime groups is 1. The molecule has 0 spiro atoms. The van der Waals surface area contributed by atoms with Crippen LogP contribution in [0.15, 0.2) is 27.8 Å². The van der Waals surface area contributed by atoms with Crippen LogP contribution in [0, 0.1) is 0 Å². The lowest BCUT2D eigenvalue weighted by Crippen LogP contribution is -2.34. The molecular formula is C15H17N3O4. The van der Waals surface area contributed by atoms with Gasteiger partial charge in [0, 0.05) is 12.5 Å². The van der Waals surface area contributed by atoms with Crippen molar-refractivity contribution in [2.75, 3.05) is 7.11 Å². The number of oxazole rings is 1. The maximum absolute atomic E-state index is 12.0. The molecule has 7 heteroatoms. The van der Waals surface area contributed by atoms with Gasteiger partial charge in [-0.3, -0.25) is 4.79 Å². The third-order valence-electron chi connectivity index (χ3n) is 3.48. The van der Waals surface area contributed by atoms with Crippen LogP contribution in [0.2, 0.25) is 0 Å². The second-order valence-corrected chi connectivity index (χ2v) is 4.97. The first-order valence-electron chi connectivity index (χ1n) is 7.12. The average Bonchev–Trinajstić information content (AvgIpc) is 3.17. The first kappa shape index (κ1) is 14.4. The van der Waals surface area contributed by atoms with Crippen LogP contribution in [-0.4, -0.2) is 29.8 Å². The predicted molar refractivity (Wildman–Crippen MR) is 79.6 cm³/mol. The zero-order chi connectivity index (χ0) is 15.5. The van der Waals surface area contributed by atoms with E-state index in [1.165, 1.54) is 0 Å². The number of methoxy groups -OCH3 is 1. The van der Waals surface area contributed by atoms with Crippen molar-refractivity contribution in [1.29, 1.82) is 0 Å². The van der Waals surface area contributed by atoms with Crippen LogP contribution in [-0.2, 0) is 16.2 Å². The number of benzene rings is 1. The predicted octanol–water partition coefficient (Wildman–Crippen LogP) is 2.01. The van der Waals surface area contributed by atoms with Gasteiger partial charge >= 0.3 is 0 Å². The van der Waals surface area contributed by atoms with E-state index in [9.17, 15) is 4.79 Å². The quantitative estimate of drug-likeness (QED) is 0.913. The van der Waals surface area contributed by atoms with E-state index in [2.05, 4.69) is 15.5 Å². The number of nitrogens with one attached hydrogen (secondary N) is 1. The Balaban J connectivity index is 1.61. The van der Waals surface area contributed by atoms with E-state index >= 15 is 0 Å². The molecule has 1 N–H and O–H groups in total. The molecule has 0 radical (unpaired) electrons. The van der Waals surface area contributed by atoms with Crippen LogP contribution < -0.4 is 10.1 Å². The second-order valence-electron chi connectivity index (χ2n) is 4.97. The molecule has 1 aromatic carbocycles. The second kappa shape index (κ2) is 6.05. The van der Waals surface area contributed by atoms with Crippen LogP contribution in [0.4, 0.5) is 0 Å². The van der Waals surface area contributed by atoms with Gasteiger partial charge in [0.2, 0.25) is 12.0 Å². The van der Waals surface area contributed by atoms with Gasteiger partial charge in [0.15, 0.2) is 5.58 Å². The molecule has 2 heterocycles. The average molecular weight is 303 g/mol. The lowest BCUT2D eigenvalue weighted by Gasteiger charge is -2.07. The lowest BCUT2D eigenvalue weighted by molar-refractivity contribution is -0.131. The van der Waals surface area contributed by atoms with Gasteiger partial charge in [-0.1, -0.05) is 12.1 Å². The number of nitrogens with zero attached hydrogens (tertiary/aromatic N) is 2. The van der Waals surface area contributed by atoms with Crippen molar-refractivity contribution in [3.8, 4) is 5.75 Å². The maximum Gasteiger partial charge on any atom is 0.264 e. The van der Waals surface area contributed by atoms with Crippen molar-refractivity contribution in [3.05, 3.63) is 24.1 Å². The molecule has 1 amide bonds. The number of ether oxygens (including phenoxy) is 1. The molecule has 0 saturated carbocycles. The summed E-state index contributed by atoms with van der Waals surface area (Å²) in [6.07, 6.45) is 0.767. The molecule has 116 valence electrons. The number of fused-ring (bicyclic) bond motifs is 1. The molecule has 1 aromatic heterocycles. The summed E-state index contributed by atoms with van der Waals surface area (Å²) in [6, 6.07) is 5.37. The number of aromatic nitrogens is 1. The number of hydrogen-bond acceptors (Lipinski definition) is 6. The highest BCUT2D eigenvalue weighted by atomic mass is 16.6. The fourth-order valence-corrected chi connectivity index (χ4v) is 2.21. The Morgan fingerprint density at radius 1 is 1.50 bits per heavy atom. The van der Waals surface area contributed by atoms with Crippen molar-refractivity contribution < 1.29 is 18.8 Å². The molecule has 1 atom stereocenters. The van der Waals surface area contributed by atoms with Crippen LogP contribution in [0.25, 0.3) is 11.1 Å². The van der Waals surface area contributed by atoms with Gasteiger partial charge in [-0.2, -0.15) is 0 Å². The Labute approximate surface area is 127 Å². The van der Waals surface area contributed by atoms with E-state index < -0.39 is 6.10 Å². The van der Waals surface area contributed by atoms with Crippen LogP contribution in [0.3, 0.4) is 0 Å². The molecular weight excluding hydrogens is 286 g/mol. The summed E-state index contributed by atoms with van der Waals surface area (Å²) in [5, 5.41) is 6.62. The van der Waals surface area contributed by atoms with E-state index in [1.54, 1.807) is 25.3 Å². The molecule has 22 heavy (non-hydrogen) atoms. The van der Waals surface area contributed by atoms with E-state index in [-0.39, 0.29) is 12.5 Å². The number of carbonyl (C=O) groups is 1. The first-order valence-corrected chi connectivity index (χ1v) is 7.12. The monoisotopic (exact) mass is 303 g/mol. The zero-order valence-electron chi connectivity index (χ0n) is 12.5. The van der Waals surface area contributed by atoms with Crippen molar-refractivity contribution >= 4 is 22.7 Å². The van der Waals surface area contributed by atoms with Gasteiger partial charge in [0.25, 0.3) is 5.91 Å². The van der Waals surface area contributed by atoms with E-state index in [4.69, 9.17) is 14.0 Å². The third-order valence-corrected chi connectivity index (χ3v) is 3.48. The number of carbonyl (C=O) groups excluding carboxylic acids is 1. The Kier molecular flexibility index (Phi) is 3.95. The van der Waals surface area contributed by atoms with Gasteiger partial charge in [-0.25, -0.2) is 4.98 Å². The standard InChI is InChI=1S/C15H17N3O4/c1-3-9-6-13(22-18-9)15(19)16-8-14-17-11-7-10(20-2)4-5-12(11)21-14/h4-5,7,13H,3,6,8H2,1-2H3,(H,16,19)/t13-/m0/s1. The minimum absolute atomic E-state index is 0.206. The van der Waals surface area contributed by atoms with E-state index in [0.717, 1.165) is 12.1 Å². The molecule has 0 saturated heterocycles.